The van der Waals surface area contributed by atoms with Crippen LogP contribution in [-0.4, -0.2) is 63.9 Å². The van der Waals surface area contributed by atoms with Gasteiger partial charge in [0.2, 0.25) is 11.8 Å². The van der Waals surface area contributed by atoms with Crippen molar-refractivity contribution in [2.75, 3.05) is 36.4 Å². The Hall–Kier alpha value is -2.36. The fraction of sp³-hybridized carbons (Fsp3) is 0.600. The summed E-state index contributed by atoms with van der Waals surface area (Å²) in [6.07, 6.45) is 0.618. The van der Waals surface area contributed by atoms with Gasteiger partial charge in [-0.25, -0.2) is 23.7 Å². The molecule has 1 saturated carbocycles. The molecule has 0 unspecified atom stereocenters. The Morgan fingerprint density at radius 1 is 1.17 bits per heavy atom. The van der Waals surface area contributed by atoms with Gasteiger partial charge in [-0.1, -0.05) is 0 Å². The standard InChI is InChI=1S/C20H26F2N6OS/c1-13-12-30-19(23-13)18-25-16(24-15-3-5-20(21,22)6-4-15)11-17(26-18)28-9-7-27(8-10-28)14(2)29/h11-12,15H,3-10H2,1-2H3,(H,24,25,26). The zero-order valence-corrected chi connectivity index (χ0v) is 18.0. The average molecular weight is 437 g/mol. The van der Waals surface area contributed by atoms with Crippen LogP contribution in [0.3, 0.4) is 0 Å². The van der Waals surface area contributed by atoms with Gasteiger partial charge in [-0.3, -0.25) is 4.79 Å². The van der Waals surface area contributed by atoms with E-state index < -0.39 is 5.92 Å². The third-order valence-corrected chi connectivity index (χ3v) is 6.60. The van der Waals surface area contributed by atoms with Crippen molar-refractivity contribution in [2.45, 2.75) is 51.5 Å². The lowest BCUT2D eigenvalue weighted by atomic mass is 9.92. The second-order valence-corrected chi connectivity index (χ2v) is 8.85. The van der Waals surface area contributed by atoms with Gasteiger partial charge in [0.15, 0.2) is 10.8 Å². The number of carbonyl (C=O) groups excluding carboxylic acids is 1. The highest BCUT2D eigenvalue weighted by molar-refractivity contribution is 7.13. The van der Waals surface area contributed by atoms with Gasteiger partial charge in [-0.15, -0.1) is 11.3 Å². The Morgan fingerprint density at radius 3 is 2.47 bits per heavy atom. The molecule has 0 aromatic carbocycles. The molecule has 1 saturated heterocycles. The number of nitrogens with zero attached hydrogens (tertiary/aromatic N) is 5. The summed E-state index contributed by atoms with van der Waals surface area (Å²) in [5.41, 5.74) is 0.906. The molecular formula is C20H26F2N6OS. The number of alkyl halides is 2. The number of thiazole rings is 1. The van der Waals surface area contributed by atoms with Crippen LogP contribution in [0.15, 0.2) is 11.4 Å². The van der Waals surface area contributed by atoms with Gasteiger partial charge in [0.05, 0.1) is 0 Å². The SMILES string of the molecule is CC(=O)N1CCN(c2cc(NC3CCC(F)(F)CC3)nc(-c3nc(C)cs3)n2)CC1. The highest BCUT2D eigenvalue weighted by atomic mass is 32.1. The minimum absolute atomic E-state index is 0.0344. The first-order chi connectivity index (χ1) is 14.3. The normalized spacial score (nSPS) is 19.7. The molecular weight excluding hydrogens is 410 g/mol. The molecule has 162 valence electrons. The Labute approximate surface area is 178 Å². The van der Waals surface area contributed by atoms with Crippen LogP contribution < -0.4 is 10.2 Å². The smallest absolute Gasteiger partial charge is 0.248 e. The summed E-state index contributed by atoms with van der Waals surface area (Å²) in [5, 5.41) is 6.03. The van der Waals surface area contributed by atoms with Crippen LogP contribution in [-0.2, 0) is 4.79 Å². The Balaban J connectivity index is 1.56. The van der Waals surface area contributed by atoms with Crippen molar-refractivity contribution in [3.8, 4) is 10.8 Å². The number of nitrogens with one attached hydrogen (secondary N) is 1. The maximum Gasteiger partial charge on any atom is 0.248 e. The topological polar surface area (TPSA) is 74.2 Å². The van der Waals surface area contributed by atoms with E-state index in [1.165, 1.54) is 11.3 Å². The third-order valence-electron chi connectivity index (χ3n) is 5.64. The van der Waals surface area contributed by atoms with Crippen molar-refractivity contribution in [3.05, 3.63) is 17.1 Å². The predicted octanol–water partition coefficient (Wildman–Crippen LogP) is 3.57. The van der Waals surface area contributed by atoms with Crippen LogP contribution in [0.4, 0.5) is 20.4 Å². The van der Waals surface area contributed by atoms with Gasteiger partial charge in [0.25, 0.3) is 0 Å². The van der Waals surface area contributed by atoms with Crippen molar-refractivity contribution in [1.29, 1.82) is 0 Å². The van der Waals surface area contributed by atoms with E-state index in [4.69, 9.17) is 4.98 Å². The van der Waals surface area contributed by atoms with Crippen molar-refractivity contribution in [1.82, 2.24) is 19.9 Å². The van der Waals surface area contributed by atoms with E-state index in [9.17, 15) is 13.6 Å². The summed E-state index contributed by atoms with van der Waals surface area (Å²) < 4.78 is 27.0. The predicted molar refractivity (Wildman–Crippen MR) is 113 cm³/mol. The molecule has 1 amide bonds. The summed E-state index contributed by atoms with van der Waals surface area (Å²) in [6, 6.07) is 1.84. The zero-order valence-electron chi connectivity index (χ0n) is 17.2. The summed E-state index contributed by atoms with van der Waals surface area (Å²) in [5.74, 6) is -0.558. The first-order valence-corrected chi connectivity index (χ1v) is 11.1. The molecule has 1 N–H and O–H groups in total. The molecule has 2 fully saturated rings. The molecule has 4 rings (SSSR count). The van der Waals surface area contributed by atoms with Crippen molar-refractivity contribution in [3.63, 3.8) is 0 Å². The van der Waals surface area contributed by atoms with Gasteiger partial charge in [0.1, 0.15) is 11.6 Å². The molecule has 2 aromatic heterocycles. The van der Waals surface area contributed by atoms with Gasteiger partial charge in [0, 0.05) is 69.1 Å². The number of hydrogen-bond acceptors (Lipinski definition) is 7. The number of aryl methyl sites for hydroxylation is 1. The Kier molecular flexibility index (Phi) is 5.86. The molecule has 10 heteroatoms. The number of halogens is 2. The monoisotopic (exact) mass is 436 g/mol. The summed E-state index contributed by atoms with van der Waals surface area (Å²) in [6.45, 7) is 6.16. The van der Waals surface area contributed by atoms with Crippen LogP contribution >= 0.6 is 11.3 Å². The van der Waals surface area contributed by atoms with Crippen LogP contribution in [0, 0.1) is 6.92 Å². The first-order valence-electron chi connectivity index (χ1n) is 10.3. The van der Waals surface area contributed by atoms with Crippen molar-refractivity contribution < 1.29 is 13.6 Å². The van der Waals surface area contributed by atoms with Crippen LogP contribution in [0.5, 0.6) is 0 Å². The van der Waals surface area contributed by atoms with Crippen LogP contribution in [0.2, 0.25) is 0 Å². The Bertz CT molecular complexity index is 902. The zero-order chi connectivity index (χ0) is 21.3. The minimum Gasteiger partial charge on any atom is -0.367 e. The second kappa shape index (κ2) is 8.41. The number of amides is 1. The van der Waals surface area contributed by atoms with Crippen molar-refractivity contribution >= 4 is 28.9 Å². The second-order valence-electron chi connectivity index (χ2n) is 8.00. The van der Waals surface area contributed by atoms with E-state index in [1.54, 1.807) is 6.92 Å². The van der Waals surface area contributed by atoms with Gasteiger partial charge >= 0.3 is 0 Å². The largest absolute Gasteiger partial charge is 0.367 e. The first kappa shape index (κ1) is 20.9. The van der Waals surface area contributed by atoms with Crippen molar-refractivity contribution in [2.24, 2.45) is 0 Å². The molecule has 1 aliphatic heterocycles. The average Bonchev–Trinajstić information content (AvgIpc) is 3.16. The maximum atomic E-state index is 13.5. The molecule has 2 aromatic rings. The maximum absolute atomic E-state index is 13.5. The lowest BCUT2D eigenvalue weighted by Gasteiger charge is -2.35. The lowest BCUT2D eigenvalue weighted by Crippen LogP contribution is -2.48. The number of anilines is 2. The fourth-order valence-corrected chi connectivity index (χ4v) is 4.60. The molecule has 3 heterocycles. The molecule has 0 bridgehead atoms. The van der Waals surface area contributed by atoms with Gasteiger partial charge < -0.3 is 15.1 Å². The molecule has 2 aliphatic rings. The molecule has 0 atom stereocenters. The van der Waals surface area contributed by atoms with Crippen LogP contribution in [0.1, 0.15) is 38.3 Å². The number of hydrogen-bond donors (Lipinski definition) is 1. The van der Waals surface area contributed by atoms with E-state index in [2.05, 4.69) is 20.2 Å². The number of piperazine rings is 1. The Morgan fingerprint density at radius 2 is 1.87 bits per heavy atom. The van der Waals surface area contributed by atoms with E-state index in [0.717, 1.165) is 16.5 Å². The minimum atomic E-state index is -2.56. The molecule has 0 radical (unpaired) electrons. The highest BCUT2D eigenvalue weighted by Gasteiger charge is 2.35. The highest BCUT2D eigenvalue weighted by Crippen LogP contribution is 2.34. The van der Waals surface area contributed by atoms with Crippen LogP contribution in [0.25, 0.3) is 10.8 Å². The van der Waals surface area contributed by atoms with E-state index in [0.29, 0.717) is 50.7 Å². The lowest BCUT2D eigenvalue weighted by molar-refractivity contribution is -0.129. The number of aromatic nitrogens is 3. The van der Waals surface area contributed by atoms with E-state index in [1.807, 2.05) is 23.3 Å². The van der Waals surface area contributed by atoms with E-state index >= 15 is 0 Å². The number of rotatable bonds is 4. The van der Waals surface area contributed by atoms with Gasteiger partial charge in [-0.05, 0) is 19.8 Å². The summed E-state index contributed by atoms with van der Waals surface area (Å²) in [7, 11) is 0. The van der Waals surface area contributed by atoms with E-state index in [-0.39, 0.29) is 24.8 Å². The molecule has 1 aliphatic carbocycles. The van der Waals surface area contributed by atoms with Gasteiger partial charge in [-0.2, -0.15) is 0 Å². The number of carbonyl (C=O) groups is 1. The molecule has 7 nitrogen and oxygen atoms in total. The summed E-state index contributed by atoms with van der Waals surface area (Å²) >= 11 is 1.48. The molecule has 0 spiro atoms. The fourth-order valence-electron chi connectivity index (χ4n) is 3.87. The quantitative estimate of drug-likeness (QED) is 0.790. The molecule has 30 heavy (non-hydrogen) atoms. The summed E-state index contributed by atoms with van der Waals surface area (Å²) in [4.78, 5) is 29.4. The third kappa shape index (κ3) is 4.85.